The summed E-state index contributed by atoms with van der Waals surface area (Å²) in [4.78, 5) is 23.1. The third-order valence-electron chi connectivity index (χ3n) is 3.97. The van der Waals surface area contributed by atoms with Crippen LogP contribution in [0.1, 0.15) is 33.6 Å². The molecule has 2 heterocycles. The molecule has 1 aromatic heterocycles. The van der Waals surface area contributed by atoms with Crippen molar-refractivity contribution in [3.63, 3.8) is 0 Å². The first-order valence-corrected chi connectivity index (χ1v) is 8.38. The Kier molecular flexibility index (Phi) is 4.55. The van der Waals surface area contributed by atoms with Crippen molar-refractivity contribution in [3.8, 4) is 0 Å². The van der Waals surface area contributed by atoms with E-state index in [2.05, 4.69) is 15.3 Å². The molecule has 3 rings (SSSR count). The Morgan fingerprint density at radius 2 is 2.08 bits per heavy atom. The van der Waals surface area contributed by atoms with Gasteiger partial charge < -0.3 is 15.0 Å². The summed E-state index contributed by atoms with van der Waals surface area (Å²) in [7, 11) is 0. The lowest BCUT2D eigenvalue weighted by molar-refractivity contribution is 0.0235. The largest absolute Gasteiger partial charge is 0.444 e. The number of anilines is 1. The van der Waals surface area contributed by atoms with Crippen LogP contribution in [0.2, 0.25) is 0 Å². The molecular weight excluding hydrogens is 304 g/mol. The fourth-order valence-corrected chi connectivity index (χ4v) is 2.87. The molecule has 1 aliphatic heterocycles. The van der Waals surface area contributed by atoms with Crippen LogP contribution in [0, 0.1) is 0 Å². The van der Waals surface area contributed by atoms with Gasteiger partial charge in [-0.3, -0.25) is 4.98 Å². The van der Waals surface area contributed by atoms with Crippen molar-refractivity contribution < 1.29 is 9.53 Å². The minimum absolute atomic E-state index is 0.119. The van der Waals surface area contributed by atoms with Crippen LogP contribution in [0.3, 0.4) is 0 Å². The lowest BCUT2D eigenvalue weighted by atomic mass is 10.2. The van der Waals surface area contributed by atoms with E-state index in [4.69, 9.17) is 4.74 Å². The highest BCUT2D eigenvalue weighted by atomic mass is 16.6. The third-order valence-corrected chi connectivity index (χ3v) is 3.97. The topological polar surface area (TPSA) is 67.3 Å². The molecule has 0 spiro atoms. The van der Waals surface area contributed by atoms with E-state index < -0.39 is 5.60 Å². The molecule has 0 saturated carbocycles. The second-order valence-electron chi connectivity index (χ2n) is 7.09. The first-order chi connectivity index (χ1) is 11.4. The Balaban J connectivity index is 1.63. The SMILES string of the molecule is CC(C)(C)OC(=O)N1CCC[C@H]1CNc1cnc2ccccc2n1. The van der Waals surface area contributed by atoms with Gasteiger partial charge in [0.2, 0.25) is 0 Å². The molecule has 0 bridgehead atoms. The zero-order valence-corrected chi connectivity index (χ0v) is 14.5. The van der Waals surface area contributed by atoms with Crippen molar-refractivity contribution in [3.05, 3.63) is 30.5 Å². The van der Waals surface area contributed by atoms with Crippen LogP contribution in [0.25, 0.3) is 11.0 Å². The van der Waals surface area contributed by atoms with Gasteiger partial charge in [-0.2, -0.15) is 0 Å². The molecule has 1 N–H and O–H groups in total. The molecule has 1 amide bonds. The van der Waals surface area contributed by atoms with Gasteiger partial charge in [0.1, 0.15) is 11.4 Å². The summed E-state index contributed by atoms with van der Waals surface area (Å²) in [5.41, 5.74) is 1.26. The summed E-state index contributed by atoms with van der Waals surface area (Å²) >= 11 is 0. The second kappa shape index (κ2) is 6.63. The van der Waals surface area contributed by atoms with Crippen molar-refractivity contribution in [1.29, 1.82) is 0 Å². The zero-order valence-electron chi connectivity index (χ0n) is 14.5. The number of amides is 1. The number of carbonyl (C=O) groups excluding carboxylic acids is 1. The fraction of sp³-hybridized carbons (Fsp3) is 0.500. The molecule has 1 saturated heterocycles. The quantitative estimate of drug-likeness (QED) is 0.935. The van der Waals surface area contributed by atoms with E-state index >= 15 is 0 Å². The lowest BCUT2D eigenvalue weighted by Gasteiger charge is -2.28. The number of carbonyl (C=O) groups is 1. The van der Waals surface area contributed by atoms with E-state index in [0.717, 1.165) is 36.2 Å². The number of ether oxygens (including phenoxy) is 1. The van der Waals surface area contributed by atoms with Gasteiger partial charge in [0.15, 0.2) is 0 Å². The number of nitrogens with zero attached hydrogens (tertiary/aromatic N) is 3. The number of hydrogen-bond acceptors (Lipinski definition) is 5. The van der Waals surface area contributed by atoms with Crippen LogP contribution in [0.4, 0.5) is 10.6 Å². The van der Waals surface area contributed by atoms with E-state index in [-0.39, 0.29) is 12.1 Å². The standard InChI is InChI=1S/C18H24N4O2/c1-18(2,3)24-17(23)22-10-6-7-13(22)11-20-16-12-19-14-8-4-5-9-15(14)21-16/h4-5,8-9,12-13H,6-7,10-11H2,1-3H3,(H,20,21)/t13-/m0/s1. The van der Waals surface area contributed by atoms with E-state index in [1.165, 1.54) is 0 Å². The molecule has 0 radical (unpaired) electrons. The summed E-state index contributed by atoms with van der Waals surface area (Å²) in [5, 5.41) is 3.30. The maximum atomic E-state index is 12.3. The summed E-state index contributed by atoms with van der Waals surface area (Å²) in [6, 6.07) is 7.89. The van der Waals surface area contributed by atoms with Crippen molar-refractivity contribution in [2.75, 3.05) is 18.4 Å². The van der Waals surface area contributed by atoms with E-state index in [0.29, 0.717) is 6.54 Å². The number of rotatable bonds is 3. The summed E-state index contributed by atoms with van der Waals surface area (Å²) in [5.74, 6) is 0.727. The number of para-hydroxylation sites is 2. The molecule has 0 aliphatic carbocycles. The van der Waals surface area contributed by atoms with Gasteiger partial charge in [0.05, 0.1) is 23.3 Å². The highest BCUT2D eigenvalue weighted by Gasteiger charge is 2.31. The number of benzene rings is 1. The van der Waals surface area contributed by atoms with Gasteiger partial charge in [0, 0.05) is 13.1 Å². The minimum Gasteiger partial charge on any atom is -0.444 e. The fourth-order valence-electron chi connectivity index (χ4n) is 2.87. The normalized spacial score (nSPS) is 18.0. The molecule has 24 heavy (non-hydrogen) atoms. The molecular formula is C18H24N4O2. The number of hydrogen-bond donors (Lipinski definition) is 1. The Labute approximate surface area is 142 Å². The number of likely N-dealkylation sites (tertiary alicyclic amines) is 1. The lowest BCUT2D eigenvalue weighted by Crippen LogP contribution is -2.42. The molecule has 6 nitrogen and oxygen atoms in total. The molecule has 1 aliphatic rings. The predicted octanol–water partition coefficient (Wildman–Crippen LogP) is 3.44. The monoisotopic (exact) mass is 328 g/mol. The molecule has 1 fully saturated rings. The first-order valence-electron chi connectivity index (χ1n) is 8.38. The van der Waals surface area contributed by atoms with Crippen molar-refractivity contribution >= 4 is 22.9 Å². The van der Waals surface area contributed by atoms with E-state index in [1.807, 2.05) is 49.9 Å². The van der Waals surface area contributed by atoms with Gasteiger partial charge in [-0.15, -0.1) is 0 Å². The summed E-state index contributed by atoms with van der Waals surface area (Å²) in [6.07, 6.45) is 3.45. The Morgan fingerprint density at radius 3 is 2.83 bits per heavy atom. The average Bonchev–Trinajstić information content (AvgIpc) is 3.00. The van der Waals surface area contributed by atoms with Crippen LogP contribution in [0.5, 0.6) is 0 Å². The molecule has 1 aromatic carbocycles. The van der Waals surface area contributed by atoms with E-state index in [9.17, 15) is 4.79 Å². The van der Waals surface area contributed by atoms with Gasteiger partial charge in [-0.05, 0) is 45.7 Å². The highest BCUT2D eigenvalue weighted by molar-refractivity contribution is 5.75. The first kappa shape index (κ1) is 16.5. The third kappa shape index (κ3) is 3.93. The van der Waals surface area contributed by atoms with Gasteiger partial charge >= 0.3 is 6.09 Å². The van der Waals surface area contributed by atoms with Crippen LogP contribution in [0.15, 0.2) is 30.5 Å². The van der Waals surface area contributed by atoms with E-state index in [1.54, 1.807) is 6.20 Å². The zero-order chi connectivity index (χ0) is 17.2. The Hall–Kier alpha value is -2.37. The Morgan fingerprint density at radius 1 is 1.33 bits per heavy atom. The predicted molar refractivity (Wildman–Crippen MR) is 94.0 cm³/mol. The average molecular weight is 328 g/mol. The summed E-state index contributed by atoms with van der Waals surface area (Å²) < 4.78 is 5.49. The number of nitrogens with one attached hydrogen (secondary N) is 1. The van der Waals surface area contributed by atoms with Gasteiger partial charge in [0.25, 0.3) is 0 Å². The molecule has 0 unspecified atom stereocenters. The summed E-state index contributed by atoms with van der Waals surface area (Å²) in [6.45, 7) is 7.05. The molecule has 1 atom stereocenters. The maximum Gasteiger partial charge on any atom is 0.410 e. The smallest absolute Gasteiger partial charge is 0.410 e. The molecule has 2 aromatic rings. The highest BCUT2D eigenvalue weighted by Crippen LogP contribution is 2.21. The van der Waals surface area contributed by atoms with Crippen molar-refractivity contribution in [1.82, 2.24) is 14.9 Å². The second-order valence-corrected chi connectivity index (χ2v) is 7.09. The van der Waals surface area contributed by atoms with Gasteiger partial charge in [-0.1, -0.05) is 12.1 Å². The Bertz CT molecular complexity index is 726. The molecule has 6 heteroatoms. The minimum atomic E-state index is -0.471. The van der Waals surface area contributed by atoms with Gasteiger partial charge in [-0.25, -0.2) is 9.78 Å². The van der Waals surface area contributed by atoms with Crippen molar-refractivity contribution in [2.45, 2.75) is 45.3 Å². The van der Waals surface area contributed by atoms with Crippen LogP contribution >= 0.6 is 0 Å². The molecule has 128 valence electrons. The number of fused-ring (bicyclic) bond motifs is 1. The van der Waals surface area contributed by atoms with Crippen LogP contribution < -0.4 is 5.32 Å². The van der Waals surface area contributed by atoms with Crippen molar-refractivity contribution in [2.24, 2.45) is 0 Å². The maximum absolute atomic E-state index is 12.3. The van der Waals surface area contributed by atoms with Crippen LogP contribution in [-0.4, -0.2) is 45.7 Å². The van der Waals surface area contributed by atoms with Crippen LogP contribution in [-0.2, 0) is 4.74 Å². The number of aromatic nitrogens is 2.